The topological polar surface area (TPSA) is 25.3 Å². The molecule has 3 rings (SSSR count). The van der Waals surface area contributed by atoms with E-state index in [9.17, 15) is 5.53 Å². The van der Waals surface area contributed by atoms with E-state index >= 15 is 0 Å². The fraction of sp³-hybridized carbons (Fsp3) is 0.636. The second kappa shape index (κ2) is 26.9. The predicted octanol–water partition coefficient (Wildman–Crippen LogP) is 15.0. The Morgan fingerprint density at radius 3 is 1.34 bits per heavy atom. The van der Waals surface area contributed by atoms with E-state index < -0.39 is 0 Å². The van der Waals surface area contributed by atoms with Crippen LogP contribution in [0.25, 0.3) is 16.9 Å². The van der Waals surface area contributed by atoms with Gasteiger partial charge in [0.05, 0.1) is 0 Å². The standard InChI is InChI=1S/C28H36N2.2C8H17.Ni/c1-4-7-10-22-13-17-24(18-14-22)27-21-26(12-9-6-3)28(30(27)29)25-19-15-23(16-20-25)11-8-5-2;2*1-3-5-7-8-6-4-2;/h13-21H,4-12H2,1-3H3;2*1,3-8H2,2H3;. The number of allylic oxidation sites excluding steroid dienone is 2. The summed E-state index contributed by atoms with van der Waals surface area (Å²) in [5.74, 6) is 0. The molecule has 0 saturated carbocycles. The first-order valence-corrected chi connectivity index (χ1v) is 21.1. The van der Waals surface area contributed by atoms with Gasteiger partial charge in [-0.3, -0.25) is 0 Å². The van der Waals surface area contributed by atoms with E-state index in [1.807, 2.05) is 14.4 Å². The van der Waals surface area contributed by atoms with Crippen LogP contribution >= 0.6 is 0 Å². The van der Waals surface area contributed by atoms with Crippen molar-refractivity contribution in [2.75, 3.05) is 0 Å². The van der Waals surface area contributed by atoms with Crippen LogP contribution in [0, 0.1) is 0 Å². The Morgan fingerprint density at radius 2 is 0.872 bits per heavy atom. The fourth-order valence-electron chi connectivity index (χ4n) is 6.01. The molecular formula is C44H70N2Ni. The van der Waals surface area contributed by atoms with Crippen LogP contribution in [0.1, 0.15) is 179 Å². The van der Waals surface area contributed by atoms with Crippen LogP contribution in [0.2, 0.25) is 10.8 Å². The molecular weight excluding hydrogens is 615 g/mol. The molecule has 0 radical (unpaired) electrons. The summed E-state index contributed by atoms with van der Waals surface area (Å²) in [6.45, 7) is 11.2. The van der Waals surface area contributed by atoms with Crippen molar-refractivity contribution in [3.8, 4) is 0 Å². The van der Waals surface area contributed by atoms with Gasteiger partial charge in [-0.15, -0.1) is 0 Å². The maximum absolute atomic E-state index is 11.2. The molecule has 0 amide bonds. The molecule has 0 aromatic heterocycles. The normalized spacial score (nSPS) is 12.9. The molecule has 0 saturated heterocycles. The third-order valence-electron chi connectivity index (χ3n) is 9.12. The van der Waals surface area contributed by atoms with Crippen LogP contribution in [0.5, 0.6) is 0 Å². The summed E-state index contributed by atoms with van der Waals surface area (Å²) in [7, 11) is 0. The van der Waals surface area contributed by atoms with Gasteiger partial charge in [-0.25, -0.2) is 4.70 Å². The van der Waals surface area contributed by atoms with Crippen molar-refractivity contribution in [1.29, 1.82) is 0 Å². The molecule has 0 unspecified atom stereocenters. The molecule has 47 heavy (non-hydrogen) atoms. The van der Waals surface area contributed by atoms with E-state index in [0.29, 0.717) is 0 Å². The summed E-state index contributed by atoms with van der Waals surface area (Å²) in [6, 6.07) is 17.5. The molecule has 1 aliphatic rings. The molecule has 0 spiro atoms. The first-order valence-electron chi connectivity index (χ1n) is 19.7. The van der Waals surface area contributed by atoms with Gasteiger partial charge in [-0.2, -0.15) is 0 Å². The summed E-state index contributed by atoms with van der Waals surface area (Å²) in [6.07, 6.45) is 29.8. The summed E-state index contributed by atoms with van der Waals surface area (Å²) in [5.41, 5.74) is 19.1. The van der Waals surface area contributed by atoms with Crippen LogP contribution in [0.4, 0.5) is 0 Å². The molecule has 0 aliphatic carbocycles. The Morgan fingerprint density at radius 1 is 0.468 bits per heavy atom. The molecule has 0 fully saturated rings. The van der Waals surface area contributed by atoms with E-state index in [2.05, 4.69) is 89.2 Å². The van der Waals surface area contributed by atoms with Gasteiger partial charge in [-0.05, 0) is 73.9 Å². The summed E-state index contributed by atoms with van der Waals surface area (Å²) in [5, 5.41) is 2.85. The molecule has 2 nitrogen and oxygen atoms in total. The summed E-state index contributed by atoms with van der Waals surface area (Å²) >= 11 is 2.01. The van der Waals surface area contributed by atoms with Gasteiger partial charge in [0.2, 0.25) is 11.4 Å². The number of rotatable bonds is 25. The van der Waals surface area contributed by atoms with Gasteiger partial charge in [0.1, 0.15) is 0 Å². The number of unbranched alkanes of at least 4 members (excludes halogenated alkanes) is 13. The zero-order valence-corrected chi connectivity index (χ0v) is 32.2. The van der Waals surface area contributed by atoms with Crippen molar-refractivity contribution >= 4 is 11.4 Å². The van der Waals surface area contributed by atoms with Gasteiger partial charge in [0.25, 0.3) is 0 Å². The van der Waals surface area contributed by atoms with Crippen molar-refractivity contribution < 1.29 is 19.1 Å². The van der Waals surface area contributed by atoms with E-state index in [0.717, 1.165) is 54.6 Å². The molecule has 0 atom stereocenters. The van der Waals surface area contributed by atoms with Gasteiger partial charge in [-0.1, -0.05) is 64.3 Å². The van der Waals surface area contributed by atoms with Crippen molar-refractivity contribution in [3.63, 3.8) is 0 Å². The van der Waals surface area contributed by atoms with Crippen molar-refractivity contribution in [2.45, 2.75) is 180 Å². The zero-order chi connectivity index (χ0) is 34.0. The van der Waals surface area contributed by atoms with E-state index in [4.69, 9.17) is 0 Å². The third-order valence-corrected chi connectivity index (χ3v) is 10.5. The third kappa shape index (κ3) is 16.8. The average Bonchev–Trinajstić information content (AvgIpc) is 3.43. The molecule has 266 valence electrons. The Kier molecular flexibility index (Phi) is 23.6. The molecule has 2 aromatic carbocycles. The van der Waals surface area contributed by atoms with E-state index in [1.54, 1.807) is 0 Å². The Labute approximate surface area is 297 Å². The molecule has 1 aliphatic heterocycles. The molecule has 0 N–H and O–H groups in total. The first kappa shape index (κ1) is 41.2. The maximum atomic E-state index is 11.2. The van der Waals surface area contributed by atoms with Gasteiger partial charge >= 0.3 is 116 Å². The number of hydrogen-bond donors (Lipinski definition) is 0. The second-order valence-corrected chi connectivity index (χ2v) is 14.9. The minimum absolute atomic E-state index is 0.883. The van der Waals surface area contributed by atoms with Crippen molar-refractivity contribution in [1.82, 2.24) is 0 Å². The van der Waals surface area contributed by atoms with Crippen LogP contribution in [-0.4, -0.2) is 4.70 Å². The van der Waals surface area contributed by atoms with Crippen molar-refractivity contribution in [3.05, 3.63) is 88.0 Å². The molecule has 0 bridgehead atoms. The second-order valence-electron chi connectivity index (χ2n) is 13.4. The molecule has 3 heteroatoms. The summed E-state index contributed by atoms with van der Waals surface area (Å²) in [4.78, 5) is 0. The van der Waals surface area contributed by atoms with E-state index in [-0.39, 0.29) is 0 Å². The first-order chi connectivity index (χ1) is 23.1. The minimum atomic E-state index is 0.883. The van der Waals surface area contributed by atoms with Gasteiger partial charge in [0, 0.05) is 22.8 Å². The molecule has 2 aromatic rings. The number of hydrogen-bond acceptors (Lipinski definition) is 0. The quantitative estimate of drug-likeness (QED) is 0.0565. The van der Waals surface area contributed by atoms with Crippen LogP contribution in [-0.2, 0) is 27.3 Å². The van der Waals surface area contributed by atoms with Crippen LogP contribution in [0.15, 0.2) is 60.2 Å². The SMILES string of the molecule is CCCCC1=C(c2ccc(CCCC)cc2)[N+](=[N-])C(c2ccc(CCCC)cc2)=C1.CCCCCCC[CH2][Ni][CH2]CCCCCCC. The molecule has 1 heterocycles. The van der Waals surface area contributed by atoms with Crippen LogP contribution in [0.3, 0.4) is 0 Å². The number of nitrogens with zero attached hydrogens (tertiary/aromatic N) is 2. The average molecular weight is 686 g/mol. The van der Waals surface area contributed by atoms with Crippen LogP contribution < -0.4 is 0 Å². The predicted molar refractivity (Wildman–Crippen MR) is 205 cm³/mol. The monoisotopic (exact) mass is 684 g/mol. The number of aryl methyl sites for hydroxylation is 2. The number of benzene rings is 2. The Hall–Kier alpha value is -1.99. The van der Waals surface area contributed by atoms with Gasteiger partial charge < -0.3 is 5.53 Å². The Bertz CT molecular complexity index is 1130. The fourth-order valence-corrected chi connectivity index (χ4v) is 7.25. The zero-order valence-electron chi connectivity index (χ0n) is 31.2. The summed E-state index contributed by atoms with van der Waals surface area (Å²) < 4.78 is 1.41. The van der Waals surface area contributed by atoms with E-state index in [1.165, 1.54) is 135 Å². The van der Waals surface area contributed by atoms with Gasteiger partial charge in [0.15, 0.2) is 0 Å². The van der Waals surface area contributed by atoms with Crippen molar-refractivity contribution in [2.24, 2.45) is 0 Å². The Balaban J connectivity index is 0.000000387.